The summed E-state index contributed by atoms with van der Waals surface area (Å²) in [6.45, 7) is -0.777. The minimum Gasteiger partial charge on any atom is -0.207 e. The molecule has 0 aromatic heterocycles. The summed E-state index contributed by atoms with van der Waals surface area (Å²) in [6.07, 6.45) is 5.02. The van der Waals surface area contributed by atoms with E-state index in [2.05, 4.69) is 5.92 Å². The Morgan fingerprint density at radius 1 is 1.44 bits per heavy atom. The third kappa shape index (κ3) is 2.80. The van der Waals surface area contributed by atoms with Gasteiger partial charge in [0, 0.05) is 0 Å². The summed E-state index contributed by atoms with van der Waals surface area (Å²) in [5, 5.41) is 8.24. The number of nitriles is 1. The lowest BCUT2D eigenvalue weighted by atomic mass is 10.3. The van der Waals surface area contributed by atoms with Crippen LogP contribution < -0.4 is 0 Å². The molecule has 0 bridgehead atoms. The predicted octanol–water partition coefficient (Wildman–Crippen LogP) is 1.63. The molecule has 94 valence electrons. The Hall–Kier alpha value is -1.60. The molecule has 0 atom stereocenters. The molecule has 0 radical (unpaired) electrons. The minimum absolute atomic E-state index is 0.311. The zero-order valence-corrected chi connectivity index (χ0v) is 10.7. The predicted molar refractivity (Wildman–Crippen MR) is 64.6 cm³/mol. The summed E-state index contributed by atoms with van der Waals surface area (Å²) in [4.78, 5) is -0.597. The topological polar surface area (TPSA) is 61.2 Å². The first-order valence-electron chi connectivity index (χ1n) is 4.69. The lowest BCUT2D eigenvalue weighted by Gasteiger charge is -2.17. The fourth-order valence-electron chi connectivity index (χ4n) is 1.23. The van der Waals surface area contributed by atoms with Crippen LogP contribution in [0.5, 0.6) is 0 Å². The highest BCUT2D eigenvalue weighted by Crippen LogP contribution is 2.24. The van der Waals surface area contributed by atoms with E-state index >= 15 is 0 Å². The molecule has 1 rings (SSSR count). The van der Waals surface area contributed by atoms with Gasteiger partial charge in [0.25, 0.3) is 0 Å². The van der Waals surface area contributed by atoms with E-state index in [-0.39, 0.29) is 11.6 Å². The van der Waals surface area contributed by atoms with Crippen molar-refractivity contribution in [1.29, 1.82) is 5.26 Å². The van der Waals surface area contributed by atoms with E-state index in [0.29, 0.717) is 4.31 Å². The van der Waals surface area contributed by atoms with Gasteiger partial charge in [0.2, 0.25) is 10.0 Å². The summed E-state index contributed by atoms with van der Waals surface area (Å²) in [5.74, 6) is 1.05. The summed E-state index contributed by atoms with van der Waals surface area (Å²) in [7, 11) is -4.17. The average molecular weight is 287 g/mol. The normalized spacial score (nSPS) is 10.9. The maximum atomic E-state index is 13.7. The van der Waals surface area contributed by atoms with E-state index in [1.54, 1.807) is 6.07 Å². The number of hydrogen-bond donors (Lipinski definition) is 0. The van der Waals surface area contributed by atoms with Gasteiger partial charge in [0.15, 0.2) is 5.82 Å². The van der Waals surface area contributed by atoms with Crippen molar-refractivity contribution in [1.82, 2.24) is 4.31 Å². The van der Waals surface area contributed by atoms with Gasteiger partial charge < -0.3 is 0 Å². The van der Waals surface area contributed by atoms with E-state index in [4.69, 9.17) is 23.3 Å². The third-order valence-corrected chi connectivity index (χ3v) is 4.15. The number of nitrogens with zero attached hydrogens (tertiary/aromatic N) is 2. The largest absolute Gasteiger partial charge is 0.247 e. The van der Waals surface area contributed by atoms with Crippen LogP contribution in [0.2, 0.25) is 5.02 Å². The fraction of sp³-hybridized carbons (Fsp3) is 0.182. The lowest BCUT2D eigenvalue weighted by molar-refractivity contribution is 0.473. The Bertz CT molecular complexity index is 615. The van der Waals surface area contributed by atoms with E-state index in [0.717, 1.165) is 6.07 Å². The smallest absolute Gasteiger partial charge is 0.207 e. The summed E-state index contributed by atoms with van der Waals surface area (Å²) in [6, 6.07) is 5.26. The Balaban J connectivity index is 3.33. The zero-order chi connectivity index (χ0) is 13.8. The maximum Gasteiger partial charge on any atom is 0.247 e. The molecule has 0 aliphatic carbocycles. The number of hydrogen-bond acceptors (Lipinski definition) is 3. The van der Waals surface area contributed by atoms with E-state index in [9.17, 15) is 12.8 Å². The number of rotatable bonds is 4. The molecule has 0 fully saturated rings. The first-order chi connectivity index (χ1) is 8.45. The van der Waals surface area contributed by atoms with Crippen LogP contribution in [-0.2, 0) is 10.0 Å². The van der Waals surface area contributed by atoms with Gasteiger partial charge >= 0.3 is 0 Å². The van der Waals surface area contributed by atoms with E-state index in [1.807, 2.05) is 0 Å². The molecule has 0 saturated heterocycles. The molecule has 0 aliphatic heterocycles. The molecule has 0 amide bonds. The van der Waals surface area contributed by atoms with Gasteiger partial charge in [-0.1, -0.05) is 23.6 Å². The van der Waals surface area contributed by atoms with Crippen LogP contribution in [0.15, 0.2) is 23.1 Å². The second kappa shape index (κ2) is 5.83. The van der Waals surface area contributed by atoms with Crippen molar-refractivity contribution in [2.75, 3.05) is 13.1 Å². The molecule has 0 unspecified atom stereocenters. The molecule has 0 N–H and O–H groups in total. The molecule has 18 heavy (non-hydrogen) atoms. The number of halogens is 2. The molecule has 0 saturated carbocycles. The van der Waals surface area contributed by atoms with Gasteiger partial charge in [-0.3, -0.25) is 0 Å². The monoisotopic (exact) mass is 286 g/mol. The molecule has 0 aliphatic rings. The summed E-state index contributed by atoms with van der Waals surface area (Å²) in [5.41, 5.74) is 0. The van der Waals surface area contributed by atoms with E-state index in [1.165, 1.54) is 12.1 Å². The zero-order valence-electron chi connectivity index (χ0n) is 9.10. The first-order valence-corrected chi connectivity index (χ1v) is 6.51. The Morgan fingerprint density at radius 2 is 2.11 bits per heavy atom. The highest BCUT2D eigenvalue weighted by atomic mass is 35.5. The molecule has 1 aromatic rings. The van der Waals surface area contributed by atoms with Crippen LogP contribution in [0.25, 0.3) is 0 Å². The molecular weight excluding hydrogens is 279 g/mol. The van der Waals surface area contributed by atoms with Crippen LogP contribution in [0.4, 0.5) is 4.39 Å². The van der Waals surface area contributed by atoms with Crippen molar-refractivity contribution in [3.8, 4) is 18.4 Å². The maximum absolute atomic E-state index is 13.7. The third-order valence-electron chi connectivity index (χ3n) is 2.05. The molecular formula is C11H8ClFN2O2S. The Labute approximate surface area is 110 Å². The van der Waals surface area contributed by atoms with Crippen LogP contribution in [0.3, 0.4) is 0 Å². The second-order valence-corrected chi connectivity index (χ2v) is 5.50. The number of benzene rings is 1. The fourth-order valence-corrected chi connectivity index (χ4v) is 2.80. The number of sulfonamides is 1. The highest BCUT2D eigenvalue weighted by molar-refractivity contribution is 7.89. The molecule has 0 heterocycles. The summed E-state index contributed by atoms with van der Waals surface area (Å²) < 4.78 is 38.5. The van der Waals surface area contributed by atoms with Crippen molar-refractivity contribution < 1.29 is 12.8 Å². The van der Waals surface area contributed by atoms with Crippen LogP contribution >= 0.6 is 11.6 Å². The van der Waals surface area contributed by atoms with Gasteiger partial charge in [0.05, 0.1) is 17.6 Å². The van der Waals surface area contributed by atoms with Crippen molar-refractivity contribution >= 4 is 21.6 Å². The SMILES string of the molecule is C#CCN(CC#N)S(=O)(=O)c1cccc(Cl)c1F. The van der Waals surface area contributed by atoms with Gasteiger partial charge in [-0.2, -0.15) is 9.57 Å². The van der Waals surface area contributed by atoms with E-state index < -0.39 is 27.3 Å². The van der Waals surface area contributed by atoms with Crippen molar-refractivity contribution in [3.63, 3.8) is 0 Å². The molecule has 0 spiro atoms. The second-order valence-electron chi connectivity index (χ2n) is 3.19. The summed E-state index contributed by atoms with van der Waals surface area (Å²) >= 11 is 5.52. The molecule has 1 aromatic carbocycles. The molecule has 4 nitrogen and oxygen atoms in total. The van der Waals surface area contributed by atoms with Crippen molar-refractivity contribution in [3.05, 3.63) is 29.0 Å². The van der Waals surface area contributed by atoms with Crippen molar-refractivity contribution in [2.24, 2.45) is 0 Å². The van der Waals surface area contributed by atoms with Gasteiger partial charge in [-0.15, -0.1) is 6.42 Å². The van der Waals surface area contributed by atoms with Crippen molar-refractivity contribution in [2.45, 2.75) is 4.90 Å². The van der Waals surface area contributed by atoms with Crippen LogP contribution in [-0.4, -0.2) is 25.8 Å². The first kappa shape index (κ1) is 14.5. The Morgan fingerprint density at radius 3 is 2.67 bits per heavy atom. The van der Waals surface area contributed by atoms with Gasteiger partial charge in [-0.05, 0) is 12.1 Å². The Kier molecular flexibility index (Phi) is 4.69. The quantitative estimate of drug-likeness (QED) is 0.624. The van der Waals surface area contributed by atoms with Gasteiger partial charge in [-0.25, -0.2) is 12.8 Å². The highest BCUT2D eigenvalue weighted by Gasteiger charge is 2.27. The molecule has 7 heteroatoms. The lowest BCUT2D eigenvalue weighted by Crippen LogP contribution is -2.32. The number of terminal acetylenes is 1. The van der Waals surface area contributed by atoms with Gasteiger partial charge in [0.1, 0.15) is 11.4 Å². The van der Waals surface area contributed by atoms with Crippen LogP contribution in [0, 0.1) is 29.5 Å². The minimum atomic E-state index is -4.17. The standard InChI is InChI=1S/C11H8ClFN2O2S/c1-2-7-15(8-6-14)18(16,17)10-5-3-4-9(12)11(10)13/h1,3-5H,7-8H2. The van der Waals surface area contributed by atoms with Crippen LogP contribution in [0.1, 0.15) is 0 Å². The average Bonchev–Trinajstić information content (AvgIpc) is 2.32.